The normalized spacial score (nSPS) is 12.8. The Morgan fingerprint density at radius 1 is 0.826 bits per heavy atom. The number of nitrogens with zero attached hydrogens (tertiary/aromatic N) is 1. The first-order chi connectivity index (χ1) is 21.5. The number of pyridine rings is 1. The van der Waals surface area contributed by atoms with Crippen molar-refractivity contribution in [3.8, 4) is 11.1 Å². The van der Waals surface area contributed by atoms with Crippen LogP contribution in [0.2, 0.25) is 0 Å². The van der Waals surface area contributed by atoms with E-state index in [4.69, 9.17) is 0 Å². The molecule has 4 aromatic carbocycles. The van der Waals surface area contributed by atoms with E-state index in [1.54, 1.807) is 0 Å². The van der Waals surface area contributed by atoms with Crippen LogP contribution in [0.1, 0.15) is 27.0 Å². The summed E-state index contributed by atoms with van der Waals surface area (Å²) in [7, 11) is 1.33. The summed E-state index contributed by atoms with van der Waals surface area (Å²) in [5.74, 6) is -7.08. The quantitative estimate of drug-likeness (QED) is 0.192. The van der Waals surface area contributed by atoms with Gasteiger partial charge in [0.15, 0.2) is 0 Å². The van der Waals surface area contributed by atoms with Crippen molar-refractivity contribution in [1.82, 2.24) is 9.88 Å². The van der Waals surface area contributed by atoms with Crippen LogP contribution < -0.4 is 10.9 Å². The molecule has 0 saturated carbocycles. The molecule has 1 amide bonds. The number of rotatable bonds is 6. The standard InChI is InChI=1S/C32H20F8N2O4/c1-42-24-11-3-2-7-20(24)27(32(38,39)40)25(29(42)44)19-10-5-8-17-15(6-4-9-18(17)19)12-23(30(45)46)41-28(43)26-21(33)13-16(14-22(26)34)31(35,36)37/h2-11,13-14,23H,12H2,1H3,(H,41,43)(H,45,46)/t23-/m0/s1. The molecule has 0 radical (unpaired) electrons. The van der Waals surface area contributed by atoms with Crippen molar-refractivity contribution in [3.05, 3.63) is 117 Å². The Kier molecular flexibility index (Phi) is 8.09. The summed E-state index contributed by atoms with van der Waals surface area (Å²) in [6.45, 7) is 0. The average molecular weight is 649 g/mol. The maximum Gasteiger partial charge on any atom is 0.417 e. The second-order valence-corrected chi connectivity index (χ2v) is 10.3. The fourth-order valence-electron chi connectivity index (χ4n) is 5.42. The lowest BCUT2D eigenvalue weighted by Gasteiger charge is -2.20. The zero-order valence-corrected chi connectivity index (χ0v) is 23.4. The number of alkyl halides is 6. The molecule has 6 nitrogen and oxygen atoms in total. The summed E-state index contributed by atoms with van der Waals surface area (Å²) < 4.78 is 112. The lowest BCUT2D eigenvalue weighted by molar-refractivity contribution is -0.139. The van der Waals surface area contributed by atoms with Crippen molar-refractivity contribution in [2.24, 2.45) is 7.05 Å². The van der Waals surface area contributed by atoms with Crippen molar-refractivity contribution < 1.29 is 49.8 Å². The smallest absolute Gasteiger partial charge is 0.417 e. The van der Waals surface area contributed by atoms with Crippen LogP contribution in [-0.2, 0) is 30.6 Å². The van der Waals surface area contributed by atoms with Gasteiger partial charge in [0.1, 0.15) is 23.2 Å². The second-order valence-electron chi connectivity index (χ2n) is 10.3. The molecular formula is C32H20F8N2O4. The Bertz CT molecular complexity index is 2080. The fraction of sp³-hybridized carbons (Fsp3) is 0.156. The molecule has 0 fully saturated rings. The number of aliphatic carboxylic acids is 1. The Morgan fingerprint density at radius 3 is 2.02 bits per heavy atom. The molecule has 14 heteroatoms. The van der Waals surface area contributed by atoms with E-state index in [1.165, 1.54) is 67.7 Å². The minimum absolute atomic E-state index is 0.0467. The summed E-state index contributed by atoms with van der Waals surface area (Å²) in [5, 5.41) is 11.8. The number of carboxylic acids is 1. The Morgan fingerprint density at radius 2 is 1.41 bits per heavy atom. The number of aryl methyl sites for hydroxylation is 1. The number of carboxylic acid groups (broad SMARTS) is 1. The average Bonchev–Trinajstić information content (AvgIpc) is 2.97. The van der Waals surface area contributed by atoms with Crippen LogP contribution in [0.25, 0.3) is 32.8 Å². The van der Waals surface area contributed by atoms with E-state index in [9.17, 15) is 54.6 Å². The Balaban J connectivity index is 1.60. The Hall–Kier alpha value is -5.27. The number of carbonyl (C=O) groups is 2. The van der Waals surface area contributed by atoms with E-state index >= 15 is 0 Å². The van der Waals surface area contributed by atoms with Crippen LogP contribution in [0, 0.1) is 11.6 Å². The van der Waals surface area contributed by atoms with E-state index in [0.717, 1.165) is 4.57 Å². The number of amides is 1. The first kappa shape index (κ1) is 32.1. The highest BCUT2D eigenvalue weighted by Gasteiger charge is 2.39. The van der Waals surface area contributed by atoms with Gasteiger partial charge in [0.05, 0.1) is 22.2 Å². The molecule has 1 atom stereocenters. The number of benzene rings is 4. The molecule has 0 saturated heterocycles. The van der Waals surface area contributed by atoms with Crippen molar-refractivity contribution >= 4 is 33.6 Å². The molecule has 0 spiro atoms. The maximum atomic E-state index is 14.6. The van der Waals surface area contributed by atoms with Gasteiger partial charge < -0.3 is 15.0 Å². The highest BCUT2D eigenvalue weighted by Crippen LogP contribution is 2.42. The van der Waals surface area contributed by atoms with Crippen LogP contribution >= 0.6 is 0 Å². The van der Waals surface area contributed by atoms with Gasteiger partial charge in [-0.05, 0) is 40.1 Å². The maximum absolute atomic E-state index is 14.6. The predicted octanol–water partition coefficient (Wildman–Crippen LogP) is 7.10. The van der Waals surface area contributed by atoms with Gasteiger partial charge in [-0.15, -0.1) is 0 Å². The van der Waals surface area contributed by atoms with Gasteiger partial charge in [0, 0.05) is 18.9 Å². The molecule has 1 heterocycles. The van der Waals surface area contributed by atoms with E-state index < -0.39 is 76.1 Å². The molecule has 2 N–H and O–H groups in total. The molecule has 0 aliphatic heterocycles. The number of nitrogens with one attached hydrogen (secondary N) is 1. The van der Waals surface area contributed by atoms with E-state index in [-0.39, 0.29) is 44.9 Å². The number of halogens is 8. The monoisotopic (exact) mass is 648 g/mol. The van der Waals surface area contributed by atoms with Gasteiger partial charge >= 0.3 is 18.3 Å². The number of hydrogen-bond acceptors (Lipinski definition) is 3. The van der Waals surface area contributed by atoms with E-state index in [0.29, 0.717) is 0 Å². The molecule has 0 unspecified atom stereocenters. The van der Waals surface area contributed by atoms with Crippen LogP contribution in [-0.4, -0.2) is 27.6 Å². The minimum atomic E-state index is -5.12. The van der Waals surface area contributed by atoms with Crippen molar-refractivity contribution in [2.75, 3.05) is 0 Å². The van der Waals surface area contributed by atoms with Crippen molar-refractivity contribution in [3.63, 3.8) is 0 Å². The van der Waals surface area contributed by atoms with Gasteiger partial charge in [-0.1, -0.05) is 54.6 Å². The van der Waals surface area contributed by atoms with Gasteiger partial charge in [0.25, 0.3) is 11.5 Å². The molecule has 238 valence electrons. The molecule has 5 aromatic rings. The first-order valence-corrected chi connectivity index (χ1v) is 13.3. The Labute approximate surface area is 253 Å². The molecule has 0 aliphatic carbocycles. The second kappa shape index (κ2) is 11.6. The number of carbonyl (C=O) groups excluding carboxylic acids is 1. The summed E-state index contributed by atoms with van der Waals surface area (Å²) in [6, 6.07) is 11.7. The highest BCUT2D eigenvalue weighted by molar-refractivity contribution is 6.02. The largest absolute Gasteiger partial charge is 0.480 e. The third kappa shape index (κ3) is 5.77. The van der Waals surface area contributed by atoms with Gasteiger partial charge in [-0.3, -0.25) is 9.59 Å². The summed E-state index contributed by atoms with van der Waals surface area (Å²) in [4.78, 5) is 38.2. The number of para-hydroxylation sites is 1. The van der Waals surface area contributed by atoms with Crippen molar-refractivity contribution in [2.45, 2.75) is 24.8 Å². The summed E-state index contributed by atoms with van der Waals surface area (Å²) in [5.41, 5.74) is -5.80. The lowest BCUT2D eigenvalue weighted by atomic mass is 9.90. The van der Waals surface area contributed by atoms with E-state index in [2.05, 4.69) is 0 Å². The third-order valence-corrected chi connectivity index (χ3v) is 7.49. The number of fused-ring (bicyclic) bond motifs is 2. The molecule has 5 rings (SSSR count). The number of hydrogen-bond donors (Lipinski definition) is 2. The first-order valence-electron chi connectivity index (χ1n) is 13.3. The van der Waals surface area contributed by atoms with E-state index in [1.807, 2.05) is 5.32 Å². The SMILES string of the molecule is Cn1c(=O)c(-c2cccc3c(C[C@H](NC(=O)c4c(F)cc(C(F)(F)F)cc4F)C(=O)O)cccc23)c(C(F)(F)F)c2ccccc21. The van der Waals surface area contributed by atoms with Crippen LogP contribution in [0.5, 0.6) is 0 Å². The lowest BCUT2D eigenvalue weighted by Crippen LogP contribution is -2.43. The minimum Gasteiger partial charge on any atom is -0.480 e. The molecule has 0 bridgehead atoms. The van der Waals surface area contributed by atoms with Gasteiger partial charge in [-0.25, -0.2) is 13.6 Å². The topological polar surface area (TPSA) is 88.4 Å². The van der Waals surface area contributed by atoms with Crippen molar-refractivity contribution in [1.29, 1.82) is 0 Å². The molecular weight excluding hydrogens is 628 g/mol. The zero-order valence-electron chi connectivity index (χ0n) is 23.4. The summed E-state index contributed by atoms with van der Waals surface area (Å²) >= 11 is 0. The van der Waals surface area contributed by atoms with Crippen LogP contribution in [0.15, 0.2) is 77.6 Å². The molecule has 46 heavy (non-hydrogen) atoms. The zero-order chi connectivity index (χ0) is 33.7. The molecule has 0 aliphatic rings. The van der Waals surface area contributed by atoms with Gasteiger partial charge in [0.2, 0.25) is 0 Å². The fourth-order valence-corrected chi connectivity index (χ4v) is 5.42. The van der Waals surface area contributed by atoms with Crippen LogP contribution in [0.3, 0.4) is 0 Å². The summed E-state index contributed by atoms with van der Waals surface area (Å²) in [6.07, 6.45) is -10.6. The van der Waals surface area contributed by atoms with Crippen LogP contribution in [0.4, 0.5) is 35.1 Å². The highest BCUT2D eigenvalue weighted by atomic mass is 19.4. The number of aromatic nitrogens is 1. The predicted molar refractivity (Wildman–Crippen MR) is 151 cm³/mol. The molecule has 1 aromatic heterocycles. The van der Waals surface area contributed by atoms with Gasteiger partial charge in [-0.2, -0.15) is 26.3 Å². The third-order valence-electron chi connectivity index (χ3n) is 7.49.